The molecule has 0 spiro atoms. The van der Waals surface area contributed by atoms with E-state index >= 15 is 0 Å². The van der Waals surface area contributed by atoms with Crippen molar-refractivity contribution in [2.75, 3.05) is 7.11 Å². The summed E-state index contributed by atoms with van der Waals surface area (Å²) < 4.78 is 4.79. The van der Waals surface area contributed by atoms with E-state index in [9.17, 15) is 4.79 Å². The van der Waals surface area contributed by atoms with Crippen LogP contribution in [0.25, 0.3) is 0 Å². The lowest BCUT2D eigenvalue weighted by atomic mass is 9.87. The number of methoxy groups -OCH3 is 1. The van der Waals surface area contributed by atoms with Crippen LogP contribution >= 0.6 is 0 Å². The highest BCUT2D eigenvalue weighted by Gasteiger charge is 2.36. The van der Waals surface area contributed by atoms with Gasteiger partial charge >= 0.3 is 5.97 Å². The fourth-order valence-corrected chi connectivity index (χ4v) is 1.55. The molecule has 0 saturated heterocycles. The molecule has 0 saturated carbocycles. The number of nitrogens with two attached hydrogens (primary N) is 1. The van der Waals surface area contributed by atoms with Gasteiger partial charge in [-0.1, -0.05) is 51.1 Å². The predicted molar refractivity (Wildman–Crippen MR) is 68.4 cm³/mol. The number of esters is 1. The molecule has 0 amide bonds. The van der Waals surface area contributed by atoms with Gasteiger partial charge < -0.3 is 4.74 Å². The fraction of sp³-hybridized carbons (Fsp3) is 0.500. The lowest BCUT2D eigenvalue weighted by Gasteiger charge is -2.24. The van der Waals surface area contributed by atoms with Gasteiger partial charge in [-0.05, 0) is 5.56 Å². The third kappa shape index (κ3) is 4.47. The molecule has 4 heteroatoms. The standard InChI is InChI=1S/C14H21NO3/c1-14(2,3)12(13(16)17-4)15-18-10-11-8-6-5-7-9-11/h5-9,12,15H,10H2,1-4H3/p+1/t12-/m0/s1. The van der Waals surface area contributed by atoms with Gasteiger partial charge in [-0.3, -0.25) is 0 Å². The Hall–Kier alpha value is -1.39. The Kier molecular flexibility index (Phi) is 5.31. The lowest BCUT2D eigenvalue weighted by molar-refractivity contribution is -0.920. The Labute approximate surface area is 108 Å². The number of hydrogen-bond acceptors (Lipinski definition) is 3. The number of hydrogen-bond donors (Lipinski definition) is 1. The Bertz CT molecular complexity index is 370. The van der Waals surface area contributed by atoms with Gasteiger partial charge in [0.05, 0.1) is 7.11 Å². The van der Waals surface area contributed by atoms with Crippen molar-refractivity contribution in [1.29, 1.82) is 0 Å². The predicted octanol–water partition coefficient (Wildman–Crippen LogP) is 1.27. The summed E-state index contributed by atoms with van der Waals surface area (Å²) in [7, 11) is 1.39. The van der Waals surface area contributed by atoms with Gasteiger partial charge in [0.15, 0.2) is 0 Å². The first kappa shape index (κ1) is 14.7. The molecule has 0 aliphatic rings. The molecule has 100 valence electrons. The van der Waals surface area contributed by atoms with Gasteiger partial charge in [0, 0.05) is 5.41 Å². The molecule has 0 fully saturated rings. The summed E-state index contributed by atoms with van der Waals surface area (Å²) in [6, 6.07) is 9.47. The summed E-state index contributed by atoms with van der Waals surface area (Å²) >= 11 is 0. The molecule has 0 aromatic heterocycles. The number of hydroxylamine groups is 1. The molecule has 18 heavy (non-hydrogen) atoms. The largest absolute Gasteiger partial charge is 0.465 e. The highest BCUT2D eigenvalue weighted by Crippen LogP contribution is 2.17. The minimum absolute atomic E-state index is 0.218. The maximum absolute atomic E-state index is 11.7. The molecule has 0 heterocycles. The van der Waals surface area contributed by atoms with E-state index in [2.05, 4.69) is 0 Å². The van der Waals surface area contributed by atoms with E-state index in [1.165, 1.54) is 7.11 Å². The third-order valence-corrected chi connectivity index (χ3v) is 2.71. The van der Waals surface area contributed by atoms with Gasteiger partial charge in [0.2, 0.25) is 6.04 Å². The molecule has 1 aromatic rings. The Balaban J connectivity index is 2.51. The number of carbonyl (C=O) groups excluding carboxylic acids is 1. The number of rotatable bonds is 5. The summed E-state index contributed by atoms with van der Waals surface area (Å²) in [5.41, 5.74) is 2.44. The Morgan fingerprint density at radius 1 is 1.28 bits per heavy atom. The molecular formula is C14H22NO3+. The molecule has 2 N–H and O–H groups in total. The average molecular weight is 252 g/mol. The van der Waals surface area contributed by atoms with E-state index in [0.717, 1.165) is 5.56 Å². The van der Waals surface area contributed by atoms with E-state index in [-0.39, 0.29) is 17.4 Å². The van der Waals surface area contributed by atoms with Gasteiger partial charge in [0.1, 0.15) is 6.61 Å². The smallest absolute Gasteiger partial charge is 0.368 e. The van der Waals surface area contributed by atoms with Gasteiger partial charge in [-0.25, -0.2) is 9.63 Å². The van der Waals surface area contributed by atoms with Crippen molar-refractivity contribution < 1.29 is 19.8 Å². The quantitative estimate of drug-likeness (QED) is 0.634. The monoisotopic (exact) mass is 252 g/mol. The van der Waals surface area contributed by atoms with Crippen molar-refractivity contribution in [2.45, 2.75) is 33.4 Å². The van der Waals surface area contributed by atoms with Gasteiger partial charge in [0.25, 0.3) is 0 Å². The number of benzene rings is 1. The van der Waals surface area contributed by atoms with Crippen molar-refractivity contribution in [1.82, 2.24) is 0 Å². The molecule has 1 rings (SSSR count). The van der Waals surface area contributed by atoms with Crippen LogP contribution < -0.4 is 5.48 Å². The van der Waals surface area contributed by atoms with Crippen LogP contribution in [0.5, 0.6) is 0 Å². The summed E-state index contributed by atoms with van der Waals surface area (Å²) in [6.45, 7) is 6.41. The third-order valence-electron chi connectivity index (χ3n) is 2.71. The molecule has 0 bridgehead atoms. The Morgan fingerprint density at radius 3 is 2.39 bits per heavy atom. The molecule has 0 aliphatic carbocycles. The molecule has 0 radical (unpaired) electrons. The maximum Gasteiger partial charge on any atom is 0.368 e. The van der Waals surface area contributed by atoms with Crippen molar-refractivity contribution >= 4 is 5.97 Å². The van der Waals surface area contributed by atoms with E-state index in [0.29, 0.717) is 6.61 Å². The van der Waals surface area contributed by atoms with Crippen LogP contribution in [0.3, 0.4) is 0 Å². The normalized spacial score (nSPS) is 13.1. The van der Waals surface area contributed by atoms with E-state index in [1.54, 1.807) is 5.48 Å². The molecule has 0 unspecified atom stereocenters. The van der Waals surface area contributed by atoms with Gasteiger partial charge in [-0.2, -0.15) is 5.48 Å². The zero-order chi connectivity index (χ0) is 13.6. The fourth-order valence-electron chi connectivity index (χ4n) is 1.55. The van der Waals surface area contributed by atoms with Crippen molar-refractivity contribution in [2.24, 2.45) is 5.41 Å². The van der Waals surface area contributed by atoms with E-state index in [4.69, 9.17) is 9.57 Å². The molecule has 1 aromatic carbocycles. The first-order chi connectivity index (χ1) is 8.45. The van der Waals surface area contributed by atoms with Gasteiger partial charge in [-0.15, -0.1) is 0 Å². The molecule has 1 atom stereocenters. The first-order valence-electron chi connectivity index (χ1n) is 6.02. The highest BCUT2D eigenvalue weighted by atomic mass is 16.6. The zero-order valence-corrected chi connectivity index (χ0v) is 11.5. The van der Waals surface area contributed by atoms with Crippen LogP contribution in [-0.4, -0.2) is 19.1 Å². The summed E-state index contributed by atoms with van der Waals surface area (Å²) in [5, 5.41) is 0. The molecular weight excluding hydrogens is 230 g/mol. The summed E-state index contributed by atoms with van der Waals surface area (Å²) in [5.74, 6) is -0.268. The first-order valence-corrected chi connectivity index (χ1v) is 6.02. The number of ether oxygens (including phenoxy) is 1. The molecule has 4 nitrogen and oxygen atoms in total. The second-order valence-corrected chi connectivity index (χ2v) is 5.30. The number of carbonyl (C=O) groups is 1. The second kappa shape index (κ2) is 6.52. The van der Waals surface area contributed by atoms with Crippen LogP contribution in [-0.2, 0) is 21.0 Å². The minimum atomic E-state index is -0.369. The van der Waals surface area contributed by atoms with E-state index in [1.807, 2.05) is 51.1 Å². The van der Waals surface area contributed by atoms with E-state index < -0.39 is 0 Å². The van der Waals surface area contributed by atoms with Crippen molar-refractivity contribution in [3.8, 4) is 0 Å². The molecule has 0 aliphatic heterocycles. The SMILES string of the molecule is COC(=O)[C@H]([NH2+]OCc1ccccc1)C(C)(C)C. The van der Waals surface area contributed by atoms with Crippen LogP contribution in [0.15, 0.2) is 30.3 Å². The van der Waals surface area contributed by atoms with Crippen molar-refractivity contribution in [3.63, 3.8) is 0 Å². The number of quaternary nitrogens is 1. The summed E-state index contributed by atoms with van der Waals surface area (Å²) in [4.78, 5) is 17.2. The second-order valence-electron chi connectivity index (χ2n) is 5.30. The average Bonchev–Trinajstić information content (AvgIpc) is 2.33. The lowest BCUT2D eigenvalue weighted by Crippen LogP contribution is -2.93. The van der Waals surface area contributed by atoms with Crippen LogP contribution in [0.4, 0.5) is 0 Å². The Morgan fingerprint density at radius 2 is 1.89 bits per heavy atom. The van der Waals surface area contributed by atoms with Crippen molar-refractivity contribution in [3.05, 3.63) is 35.9 Å². The van der Waals surface area contributed by atoms with Crippen LogP contribution in [0, 0.1) is 5.41 Å². The highest BCUT2D eigenvalue weighted by molar-refractivity contribution is 5.74. The topological polar surface area (TPSA) is 52.1 Å². The summed E-state index contributed by atoms with van der Waals surface area (Å²) in [6.07, 6.45) is 0. The van der Waals surface area contributed by atoms with Crippen LogP contribution in [0.2, 0.25) is 0 Å². The zero-order valence-electron chi connectivity index (χ0n) is 11.5. The van der Waals surface area contributed by atoms with Crippen LogP contribution in [0.1, 0.15) is 26.3 Å². The maximum atomic E-state index is 11.7. The minimum Gasteiger partial charge on any atom is -0.465 e.